The normalized spacial score (nSPS) is 11.0. The molecule has 0 bridgehead atoms. The van der Waals surface area contributed by atoms with Crippen molar-refractivity contribution < 1.29 is 8.91 Å². The minimum Gasteiger partial charge on any atom is -0.361 e. The predicted octanol–water partition coefficient (Wildman–Crippen LogP) is 4.66. The predicted molar refractivity (Wildman–Crippen MR) is 97.6 cm³/mol. The molecule has 2 heterocycles. The van der Waals surface area contributed by atoms with Crippen LogP contribution in [0, 0.1) is 12.7 Å². The molecule has 0 fully saturated rings. The molecule has 0 aliphatic rings. The van der Waals surface area contributed by atoms with Gasteiger partial charge in [-0.1, -0.05) is 47.3 Å². The van der Waals surface area contributed by atoms with Crippen LogP contribution in [-0.2, 0) is 5.75 Å². The van der Waals surface area contributed by atoms with Gasteiger partial charge in [0.2, 0.25) is 0 Å². The van der Waals surface area contributed by atoms with Crippen molar-refractivity contribution in [3.05, 3.63) is 77.9 Å². The zero-order valence-electron chi connectivity index (χ0n) is 14.0. The summed E-state index contributed by atoms with van der Waals surface area (Å²) in [5.41, 5.74) is 2.57. The quantitative estimate of drug-likeness (QED) is 0.481. The third-order valence-corrected chi connectivity index (χ3v) is 4.74. The minimum atomic E-state index is -0.282. The Kier molecular flexibility index (Phi) is 4.53. The highest BCUT2D eigenvalue weighted by molar-refractivity contribution is 7.98. The zero-order valence-corrected chi connectivity index (χ0v) is 14.8. The first-order chi connectivity index (χ1) is 12.7. The van der Waals surface area contributed by atoms with Crippen LogP contribution in [0.1, 0.15) is 11.5 Å². The maximum atomic E-state index is 13.4. The van der Waals surface area contributed by atoms with E-state index in [4.69, 9.17) is 4.52 Å². The van der Waals surface area contributed by atoms with Gasteiger partial charge in [0.1, 0.15) is 11.6 Å². The van der Waals surface area contributed by atoms with Crippen molar-refractivity contribution in [2.24, 2.45) is 0 Å². The largest absolute Gasteiger partial charge is 0.361 e. The number of aryl methyl sites for hydroxylation is 1. The van der Waals surface area contributed by atoms with Gasteiger partial charge in [-0.3, -0.25) is 4.57 Å². The first-order valence-corrected chi connectivity index (χ1v) is 9.01. The fourth-order valence-electron chi connectivity index (χ4n) is 2.59. The van der Waals surface area contributed by atoms with E-state index in [1.807, 2.05) is 47.9 Å². The molecule has 0 aliphatic carbocycles. The summed E-state index contributed by atoms with van der Waals surface area (Å²) in [7, 11) is 0. The average Bonchev–Trinajstić information content (AvgIpc) is 3.27. The maximum Gasteiger partial charge on any atom is 0.196 e. The third-order valence-electron chi connectivity index (χ3n) is 3.78. The minimum absolute atomic E-state index is 0.282. The number of halogens is 1. The molecule has 7 heteroatoms. The van der Waals surface area contributed by atoms with E-state index in [0.29, 0.717) is 16.7 Å². The van der Waals surface area contributed by atoms with Crippen molar-refractivity contribution in [3.63, 3.8) is 0 Å². The molecule has 0 spiro atoms. The first kappa shape index (κ1) is 16.5. The molecule has 0 aliphatic heterocycles. The van der Waals surface area contributed by atoms with Crippen molar-refractivity contribution in [2.75, 3.05) is 0 Å². The van der Waals surface area contributed by atoms with Crippen molar-refractivity contribution >= 4 is 11.8 Å². The topological polar surface area (TPSA) is 56.7 Å². The van der Waals surface area contributed by atoms with Crippen LogP contribution in [0.2, 0.25) is 0 Å². The Labute approximate surface area is 153 Å². The van der Waals surface area contributed by atoms with Crippen LogP contribution in [-0.4, -0.2) is 19.9 Å². The number of benzene rings is 2. The Morgan fingerprint density at radius 3 is 2.50 bits per heavy atom. The molecule has 0 amide bonds. The lowest BCUT2D eigenvalue weighted by Crippen LogP contribution is -2.00. The van der Waals surface area contributed by atoms with Crippen LogP contribution in [0.4, 0.5) is 4.39 Å². The van der Waals surface area contributed by atoms with E-state index in [9.17, 15) is 4.39 Å². The molecule has 0 atom stereocenters. The lowest BCUT2D eigenvalue weighted by molar-refractivity contribution is 0.393. The lowest BCUT2D eigenvalue weighted by atomic mass is 10.2. The van der Waals surface area contributed by atoms with E-state index >= 15 is 0 Å². The SMILES string of the molecule is Cc1cc(CSc2nnc(-c3ccccc3)n2-c2ccc(F)cc2)no1. The molecule has 4 aromatic rings. The van der Waals surface area contributed by atoms with Gasteiger partial charge in [0.25, 0.3) is 0 Å². The average molecular weight is 366 g/mol. The van der Waals surface area contributed by atoms with E-state index in [-0.39, 0.29) is 5.82 Å². The van der Waals surface area contributed by atoms with Crippen molar-refractivity contribution in [3.8, 4) is 17.1 Å². The standard InChI is InChI=1S/C19H15FN4OS/c1-13-11-16(23-25-13)12-26-19-22-21-18(14-5-3-2-4-6-14)24(19)17-9-7-15(20)8-10-17/h2-11H,12H2,1H3. The number of hydrogen-bond donors (Lipinski definition) is 0. The highest BCUT2D eigenvalue weighted by Crippen LogP contribution is 2.29. The molecule has 0 saturated carbocycles. The molecule has 26 heavy (non-hydrogen) atoms. The summed E-state index contributed by atoms with van der Waals surface area (Å²) in [6, 6.07) is 18.0. The van der Waals surface area contributed by atoms with Crippen molar-refractivity contribution in [2.45, 2.75) is 17.8 Å². The Morgan fingerprint density at radius 2 is 1.81 bits per heavy atom. The number of hydrogen-bond acceptors (Lipinski definition) is 5. The molecular weight excluding hydrogens is 351 g/mol. The van der Waals surface area contributed by atoms with Gasteiger partial charge in [-0.2, -0.15) is 0 Å². The first-order valence-electron chi connectivity index (χ1n) is 8.02. The van der Waals surface area contributed by atoms with Crippen LogP contribution in [0.3, 0.4) is 0 Å². The number of nitrogens with zero attached hydrogens (tertiary/aromatic N) is 4. The summed E-state index contributed by atoms with van der Waals surface area (Å²) < 4.78 is 20.4. The van der Waals surface area contributed by atoms with Gasteiger partial charge in [0.05, 0.1) is 5.69 Å². The summed E-state index contributed by atoms with van der Waals surface area (Å²) in [5, 5.41) is 13.4. The second-order valence-corrected chi connectivity index (χ2v) is 6.64. The maximum absolute atomic E-state index is 13.4. The van der Waals surface area contributed by atoms with Crippen molar-refractivity contribution in [1.29, 1.82) is 0 Å². The Hall–Kier alpha value is -2.93. The number of aromatic nitrogens is 4. The molecule has 4 rings (SSSR count). The summed E-state index contributed by atoms with van der Waals surface area (Å²) >= 11 is 1.50. The van der Waals surface area contributed by atoms with Crippen LogP contribution < -0.4 is 0 Å². The lowest BCUT2D eigenvalue weighted by Gasteiger charge is -2.10. The van der Waals surface area contributed by atoms with Gasteiger partial charge in [0.15, 0.2) is 11.0 Å². The van der Waals surface area contributed by atoms with E-state index in [2.05, 4.69) is 15.4 Å². The monoisotopic (exact) mass is 366 g/mol. The molecule has 2 aromatic carbocycles. The van der Waals surface area contributed by atoms with E-state index in [1.165, 1.54) is 23.9 Å². The molecule has 2 aromatic heterocycles. The second-order valence-electron chi connectivity index (χ2n) is 5.70. The van der Waals surface area contributed by atoms with Gasteiger partial charge in [0, 0.05) is 23.1 Å². The van der Waals surface area contributed by atoms with Gasteiger partial charge < -0.3 is 4.52 Å². The van der Waals surface area contributed by atoms with Crippen molar-refractivity contribution in [1.82, 2.24) is 19.9 Å². The van der Waals surface area contributed by atoms with Crippen LogP contribution in [0.25, 0.3) is 17.1 Å². The van der Waals surface area contributed by atoms with Gasteiger partial charge in [-0.05, 0) is 31.2 Å². The van der Waals surface area contributed by atoms with Gasteiger partial charge in [-0.25, -0.2) is 4.39 Å². The zero-order chi connectivity index (χ0) is 17.9. The summed E-state index contributed by atoms with van der Waals surface area (Å²) in [6.07, 6.45) is 0. The fourth-order valence-corrected chi connectivity index (χ4v) is 3.42. The van der Waals surface area contributed by atoms with Gasteiger partial charge >= 0.3 is 0 Å². The molecule has 0 radical (unpaired) electrons. The summed E-state index contributed by atoms with van der Waals surface area (Å²) in [5.74, 6) is 1.79. The van der Waals surface area contributed by atoms with Crippen LogP contribution >= 0.6 is 11.8 Å². The molecular formula is C19H15FN4OS. The molecule has 130 valence electrons. The Morgan fingerprint density at radius 1 is 1.04 bits per heavy atom. The smallest absolute Gasteiger partial charge is 0.196 e. The molecule has 5 nitrogen and oxygen atoms in total. The fraction of sp³-hybridized carbons (Fsp3) is 0.105. The molecule has 0 unspecified atom stereocenters. The number of thioether (sulfide) groups is 1. The van der Waals surface area contributed by atoms with Gasteiger partial charge in [-0.15, -0.1) is 10.2 Å². The third kappa shape index (κ3) is 3.39. The summed E-state index contributed by atoms with van der Waals surface area (Å²) in [6.45, 7) is 1.86. The number of rotatable bonds is 5. The highest BCUT2D eigenvalue weighted by atomic mass is 32.2. The Balaban J connectivity index is 1.73. The molecule has 0 saturated heterocycles. The van der Waals surface area contributed by atoms with Crippen LogP contribution in [0.15, 0.2) is 70.3 Å². The van der Waals surface area contributed by atoms with E-state index < -0.39 is 0 Å². The summed E-state index contributed by atoms with van der Waals surface area (Å²) in [4.78, 5) is 0. The van der Waals surface area contributed by atoms with Crippen LogP contribution in [0.5, 0.6) is 0 Å². The Bertz CT molecular complexity index is 1010. The van der Waals surface area contributed by atoms with E-state index in [0.717, 1.165) is 22.7 Å². The van der Waals surface area contributed by atoms with E-state index in [1.54, 1.807) is 12.1 Å². The molecule has 0 N–H and O–H groups in total. The highest BCUT2D eigenvalue weighted by Gasteiger charge is 2.16. The second kappa shape index (κ2) is 7.13.